The topological polar surface area (TPSA) is 52.5 Å². The van der Waals surface area contributed by atoms with Crippen molar-refractivity contribution in [1.29, 1.82) is 0 Å². The predicted molar refractivity (Wildman–Crippen MR) is 111 cm³/mol. The molecule has 0 N–H and O–H groups in total. The van der Waals surface area contributed by atoms with Crippen molar-refractivity contribution in [2.75, 3.05) is 26.3 Å². The third-order valence-electron chi connectivity index (χ3n) is 6.39. The molecule has 2 aromatic heterocycles. The van der Waals surface area contributed by atoms with Gasteiger partial charge in [0, 0.05) is 30.5 Å². The lowest BCUT2D eigenvalue weighted by Crippen LogP contribution is -2.62. The quantitative estimate of drug-likeness (QED) is 0.620. The van der Waals surface area contributed by atoms with E-state index in [1.807, 2.05) is 36.4 Å². The van der Waals surface area contributed by atoms with E-state index in [0.29, 0.717) is 25.0 Å². The molecule has 5 rings (SSSR count). The number of nitrogens with zero attached hydrogens (tertiary/aromatic N) is 6. The van der Waals surface area contributed by atoms with E-state index in [-0.39, 0.29) is 0 Å². The first-order valence-electron chi connectivity index (χ1n) is 9.88. The molecular formula is C21H23ClN6O. The van der Waals surface area contributed by atoms with Gasteiger partial charge in [0.15, 0.2) is 0 Å². The Morgan fingerprint density at radius 3 is 2.72 bits per heavy atom. The summed E-state index contributed by atoms with van der Waals surface area (Å²) in [6.45, 7) is 12.7. The molecule has 7 nitrogen and oxygen atoms in total. The molecule has 0 radical (unpaired) electrons. The van der Waals surface area contributed by atoms with Crippen LogP contribution in [0, 0.1) is 12.5 Å². The predicted octanol–water partition coefficient (Wildman–Crippen LogP) is 3.48. The lowest BCUT2D eigenvalue weighted by atomic mass is 9.80. The van der Waals surface area contributed by atoms with Gasteiger partial charge in [0.2, 0.25) is 0 Å². The molecule has 2 saturated heterocycles. The van der Waals surface area contributed by atoms with Crippen molar-refractivity contribution in [3.63, 3.8) is 0 Å². The van der Waals surface area contributed by atoms with E-state index in [2.05, 4.69) is 32.9 Å². The van der Waals surface area contributed by atoms with Crippen LogP contribution in [0.2, 0.25) is 5.02 Å². The Bertz CT molecular complexity index is 1110. The molecule has 0 aliphatic carbocycles. The molecule has 2 atom stereocenters. The smallest absolute Gasteiger partial charge is 0.334 e. The number of fused-ring (bicyclic) bond motifs is 1. The Morgan fingerprint density at radius 1 is 1.28 bits per heavy atom. The van der Waals surface area contributed by atoms with E-state index in [0.717, 1.165) is 41.1 Å². The van der Waals surface area contributed by atoms with E-state index < -0.39 is 5.66 Å². The van der Waals surface area contributed by atoms with Crippen LogP contribution in [-0.4, -0.2) is 56.4 Å². The number of ether oxygens (including phenoxy) is 1. The number of rotatable bonds is 3. The van der Waals surface area contributed by atoms with Gasteiger partial charge >= 0.3 is 5.66 Å². The highest BCUT2D eigenvalue weighted by Crippen LogP contribution is 2.41. The van der Waals surface area contributed by atoms with Crippen LogP contribution in [0.3, 0.4) is 0 Å². The number of aryl methyl sites for hydroxylation is 1. The third kappa shape index (κ3) is 2.94. The van der Waals surface area contributed by atoms with E-state index >= 15 is 0 Å². The lowest BCUT2D eigenvalue weighted by molar-refractivity contribution is -0.125. The molecule has 29 heavy (non-hydrogen) atoms. The Morgan fingerprint density at radius 2 is 2.10 bits per heavy atom. The van der Waals surface area contributed by atoms with E-state index in [4.69, 9.17) is 22.9 Å². The molecular weight excluding hydrogens is 388 g/mol. The molecule has 2 aliphatic heterocycles. The summed E-state index contributed by atoms with van der Waals surface area (Å²) in [5.41, 5.74) is 2.68. The van der Waals surface area contributed by atoms with Crippen molar-refractivity contribution in [1.82, 2.24) is 24.5 Å². The molecule has 0 spiro atoms. The highest BCUT2D eigenvalue weighted by atomic mass is 35.5. The van der Waals surface area contributed by atoms with Crippen LogP contribution in [0.5, 0.6) is 0 Å². The first-order chi connectivity index (χ1) is 14.0. The molecule has 2 unspecified atom stereocenters. The van der Waals surface area contributed by atoms with Gasteiger partial charge in [0.05, 0.1) is 24.1 Å². The highest BCUT2D eigenvalue weighted by molar-refractivity contribution is 6.32. The van der Waals surface area contributed by atoms with Gasteiger partial charge in [0.1, 0.15) is 18.9 Å². The minimum atomic E-state index is -0.452. The van der Waals surface area contributed by atoms with Crippen LogP contribution in [0.4, 0.5) is 0 Å². The first kappa shape index (κ1) is 18.6. The van der Waals surface area contributed by atoms with E-state index in [1.54, 1.807) is 4.68 Å². The second kappa shape index (κ2) is 6.84. The Hall–Kier alpha value is -2.40. The van der Waals surface area contributed by atoms with E-state index in [9.17, 15) is 0 Å². The first-order valence-corrected chi connectivity index (χ1v) is 10.3. The van der Waals surface area contributed by atoms with Crippen molar-refractivity contribution in [3.05, 3.63) is 52.7 Å². The molecule has 3 aromatic rings. The Kier molecular flexibility index (Phi) is 4.39. The van der Waals surface area contributed by atoms with Gasteiger partial charge in [-0.25, -0.2) is 16.2 Å². The third-order valence-corrected chi connectivity index (χ3v) is 6.72. The number of halogens is 1. The maximum absolute atomic E-state index is 7.60. The molecule has 8 heteroatoms. The fraction of sp³-hybridized carbons (Fsp3) is 0.476. The number of benzene rings is 1. The number of likely N-dealkylation sites (tertiary alicyclic amines) is 1. The van der Waals surface area contributed by atoms with Gasteiger partial charge in [-0.3, -0.25) is 9.53 Å². The Balaban J connectivity index is 1.47. The average Bonchev–Trinajstić information content (AvgIpc) is 3.26. The van der Waals surface area contributed by atoms with Crippen LogP contribution in [0.15, 0.2) is 30.7 Å². The summed E-state index contributed by atoms with van der Waals surface area (Å²) in [5.74, 6) is 0.747. The zero-order valence-corrected chi connectivity index (χ0v) is 17.3. The lowest BCUT2D eigenvalue weighted by Gasteiger charge is -2.45. The van der Waals surface area contributed by atoms with Crippen LogP contribution in [0.1, 0.15) is 24.8 Å². The zero-order valence-electron chi connectivity index (χ0n) is 16.5. The molecule has 0 bridgehead atoms. The van der Waals surface area contributed by atoms with Crippen LogP contribution in [0.25, 0.3) is 21.4 Å². The second-order valence-electron chi connectivity index (χ2n) is 8.27. The van der Waals surface area contributed by atoms with Gasteiger partial charge in [0.25, 0.3) is 0 Å². The van der Waals surface area contributed by atoms with Gasteiger partial charge in [-0.05, 0) is 36.0 Å². The summed E-state index contributed by atoms with van der Waals surface area (Å²) in [6.07, 6.45) is 6.59. The number of hydrogen-bond acceptors (Lipinski definition) is 4. The summed E-state index contributed by atoms with van der Waals surface area (Å²) < 4.78 is 9.04. The van der Waals surface area contributed by atoms with Crippen LogP contribution in [-0.2, 0) is 11.8 Å². The minimum Gasteiger partial charge on any atom is -0.361 e. The summed E-state index contributed by atoms with van der Waals surface area (Å²) in [7, 11) is 1.90. The fourth-order valence-electron chi connectivity index (χ4n) is 4.66. The molecule has 1 aromatic carbocycles. The summed E-state index contributed by atoms with van der Waals surface area (Å²) in [5, 5.41) is 10.6. The Labute approximate surface area is 174 Å². The number of piperidine rings is 1. The maximum atomic E-state index is 7.60. The number of aromatic nitrogens is 4. The summed E-state index contributed by atoms with van der Waals surface area (Å²) >= 11 is 6.72. The normalized spacial score (nSPS) is 24.3. The molecule has 0 saturated carbocycles. The van der Waals surface area contributed by atoms with Gasteiger partial charge < -0.3 is 4.74 Å². The monoisotopic (exact) mass is 410 g/mol. The SMILES string of the molecule is [C-]#[N+]C1(N2CCC(c3cc4c(cnn4-c4cnn(C)c4)cc3Cl)C(C)C2)COC1. The average molecular weight is 411 g/mol. The molecule has 2 aliphatic rings. The zero-order chi connectivity index (χ0) is 20.2. The van der Waals surface area contributed by atoms with Gasteiger partial charge in [-0.1, -0.05) is 18.5 Å². The minimum absolute atomic E-state index is 0.351. The van der Waals surface area contributed by atoms with Crippen molar-refractivity contribution in [2.45, 2.75) is 24.9 Å². The summed E-state index contributed by atoms with van der Waals surface area (Å²) in [4.78, 5) is 6.19. The largest absolute Gasteiger partial charge is 0.361 e. The highest BCUT2D eigenvalue weighted by Gasteiger charge is 2.53. The molecule has 4 heterocycles. The van der Waals surface area contributed by atoms with Gasteiger partial charge in [-0.2, -0.15) is 10.2 Å². The van der Waals surface area contributed by atoms with Crippen LogP contribution >= 0.6 is 11.6 Å². The van der Waals surface area contributed by atoms with Crippen molar-refractivity contribution >= 4 is 22.5 Å². The molecule has 2 fully saturated rings. The van der Waals surface area contributed by atoms with Crippen molar-refractivity contribution < 1.29 is 4.74 Å². The summed E-state index contributed by atoms with van der Waals surface area (Å²) in [6, 6.07) is 4.21. The molecule has 0 amide bonds. The van der Waals surface area contributed by atoms with Crippen LogP contribution < -0.4 is 0 Å². The fourth-order valence-corrected chi connectivity index (χ4v) is 4.97. The van der Waals surface area contributed by atoms with Crippen molar-refractivity contribution in [2.24, 2.45) is 13.0 Å². The second-order valence-corrected chi connectivity index (χ2v) is 8.67. The number of hydrogen-bond donors (Lipinski definition) is 0. The standard InChI is InChI=1S/C21H23ClN6O/c1-14-10-27(21(23-2)12-29-13-21)5-4-17(14)18-7-20-15(6-19(18)22)8-25-28(20)16-9-24-26(3)11-16/h6-9,11,14,17H,4-5,10,12-13H2,1,3H3. The van der Waals surface area contributed by atoms with Gasteiger partial charge in [-0.15, -0.1) is 0 Å². The van der Waals surface area contributed by atoms with Crippen molar-refractivity contribution in [3.8, 4) is 5.69 Å². The molecule has 150 valence electrons. The van der Waals surface area contributed by atoms with E-state index in [1.165, 1.54) is 5.56 Å². The maximum Gasteiger partial charge on any atom is 0.334 e.